The number of rotatable bonds is 3. The van der Waals surface area contributed by atoms with E-state index in [1.807, 2.05) is 0 Å². The van der Waals surface area contributed by atoms with E-state index in [0.717, 1.165) is 6.07 Å². The van der Waals surface area contributed by atoms with Crippen LogP contribution in [-0.2, 0) is 14.8 Å². The summed E-state index contributed by atoms with van der Waals surface area (Å²) in [6.07, 6.45) is 1.12. The second kappa shape index (κ2) is 6.05. The van der Waals surface area contributed by atoms with E-state index in [9.17, 15) is 17.2 Å². The molecule has 0 radical (unpaired) electrons. The Bertz CT molecular complexity index is 578. The van der Waals surface area contributed by atoms with E-state index in [2.05, 4.69) is 15.9 Å². The van der Waals surface area contributed by atoms with Gasteiger partial charge in [0.1, 0.15) is 16.5 Å². The monoisotopic (exact) mass is 369 g/mol. The lowest BCUT2D eigenvalue weighted by Gasteiger charge is -2.30. The molecule has 0 aliphatic carbocycles. The lowest BCUT2D eigenvalue weighted by Crippen LogP contribution is -2.41. The van der Waals surface area contributed by atoms with Gasteiger partial charge in [-0.1, -0.05) is 0 Å². The summed E-state index contributed by atoms with van der Waals surface area (Å²) >= 11 is 2.92. The summed E-state index contributed by atoms with van der Waals surface area (Å²) in [5, 5.41) is 0. The highest BCUT2D eigenvalue weighted by atomic mass is 79.9. The van der Waals surface area contributed by atoms with Crippen molar-refractivity contribution in [2.24, 2.45) is 0 Å². The maximum atomic E-state index is 13.8. The number of halogens is 3. The first kappa shape index (κ1) is 15.8. The van der Waals surface area contributed by atoms with Gasteiger partial charge in [-0.3, -0.25) is 0 Å². The van der Waals surface area contributed by atoms with Crippen LogP contribution < -0.4 is 0 Å². The van der Waals surface area contributed by atoms with Crippen LogP contribution in [0, 0.1) is 11.6 Å². The Balaban J connectivity index is 2.32. The largest absolute Gasteiger partial charge is 0.381 e. The van der Waals surface area contributed by atoms with Crippen LogP contribution >= 0.6 is 15.9 Å². The van der Waals surface area contributed by atoms with E-state index in [-0.39, 0.29) is 23.7 Å². The van der Waals surface area contributed by atoms with Crippen LogP contribution in [0.3, 0.4) is 0 Å². The maximum Gasteiger partial charge on any atom is 0.247 e. The first-order chi connectivity index (χ1) is 9.36. The normalized spacial score (nSPS) is 18.4. The van der Waals surface area contributed by atoms with Gasteiger partial charge in [0.25, 0.3) is 0 Å². The Hall–Kier alpha value is -0.570. The van der Waals surface area contributed by atoms with Crippen molar-refractivity contribution in [3.8, 4) is 0 Å². The molecule has 1 aromatic rings. The molecule has 1 aliphatic rings. The van der Waals surface area contributed by atoms with E-state index in [1.54, 1.807) is 7.11 Å². The summed E-state index contributed by atoms with van der Waals surface area (Å²) in [5.41, 5.74) is 0. The molecular weight excluding hydrogens is 356 g/mol. The minimum absolute atomic E-state index is 0.0166. The molecule has 0 amide bonds. The van der Waals surface area contributed by atoms with Crippen LogP contribution in [0.5, 0.6) is 0 Å². The van der Waals surface area contributed by atoms with Crippen molar-refractivity contribution in [3.63, 3.8) is 0 Å². The van der Waals surface area contributed by atoms with E-state index in [4.69, 9.17) is 4.74 Å². The average molecular weight is 370 g/mol. The van der Waals surface area contributed by atoms with Crippen LogP contribution in [0.15, 0.2) is 21.5 Å². The fourth-order valence-corrected chi connectivity index (χ4v) is 4.79. The number of nitrogens with zero attached hydrogens (tertiary/aromatic N) is 1. The highest BCUT2D eigenvalue weighted by Crippen LogP contribution is 2.30. The van der Waals surface area contributed by atoms with Gasteiger partial charge in [0.05, 0.1) is 6.10 Å². The maximum absolute atomic E-state index is 13.8. The summed E-state index contributed by atoms with van der Waals surface area (Å²) in [5.74, 6) is -1.92. The van der Waals surface area contributed by atoms with E-state index in [1.165, 1.54) is 4.31 Å². The zero-order chi connectivity index (χ0) is 14.9. The summed E-state index contributed by atoms with van der Waals surface area (Å²) in [6.45, 7) is 0.508. The average Bonchev–Trinajstić information content (AvgIpc) is 2.37. The molecule has 8 heteroatoms. The van der Waals surface area contributed by atoms with Crippen LogP contribution in [-0.4, -0.2) is 39.0 Å². The highest BCUT2D eigenvalue weighted by Gasteiger charge is 2.33. The van der Waals surface area contributed by atoms with E-state index < -0.39 is 26.6 Å². The third-order valence-corrected chi connectivity index (χ3v) is 6.16. The smallest absolute Gasteiger partial charge is 0.247 e. The molecule has 0 spiro atoms. The van der Waals surface area contributed by atoms with E-state index >= 15 is 0 Å². The quantitative estimate of drug-likeness (QED) is 0.822. The number of hydrogen-bond acceptors (Lipinski definition) is 3. The Kier molecular flexibility index (Phi) is 4.78. The fourth-order valence-electron chi connectivity index (χ4n) is 2.21. The zero-order valence-corrected chi connectivity index (χ0v) is 13.2. The van der Waals surface area contributed by atoms with Crippen molar-refractivity contribution in [1.82, 2.24) is 4.31 Å². The molecule has 1 saturated heterocycles. The molecular formula is C12H14BrF2NO3S. The summed E-state index contributed by atoms with van der Waals surface area (Å²) in [6, 6.07) is 1.51. The zero-order valence-electron chi connectivity index (χ0n) is 10.8. The first-order valence-corrected chi connectivity index (χ1v) is 8.27. The standard InChI is InChI=1S/C12H14BrF2NO3S/c1-19-9-2-4-16(5-3-9)20(17,18)12-10(13)6-8(14)7-11(12)15/h6-7,9H,2-5H2,1H3. The molecule has 1 heterocycles. The highest BCUT2D eigenvalue weighted by molar-refractivity contribution is 9.10. The number of hydrogen-bond donors (Lipinski definition) is 0. The van der Waals surface area contributed by atoms with Gasteiger partial charge in [0.15, 0.2) is 0 Å². The number of piperidine rings is 1. The van der Waals surface area contributed by atoms with Gasteiger partial charge < -0.3 is 4.74 Å². The number of sulfonamides is 1. The Labute approximate surface area is 124 Å². The number of ether oxygens (including phenoxy) is 1. The van der Waals surface area contributed by atoms with Gasteiger partial charge in [0, 0.05) is 30.7 Å². The van der Waals surface area contributed by atoms with Gasteiger partial charge in [-0.15, -0.1) is 0 Å². The molecule has 0 aromatic heterocycles. The molecule has 1 aromatic carbocycles. The molecule has 0 unspecified atom stereocenters. The van der Waals surface area contributed by atoms with Gasteiger partial charge in [-0.25, -0.2) is 17.2 Å². The lowest BCUT2D eigenvalue weighted by molar-refractivity contribution is 0.0604. The molecule has 1 aliphatic heterocycles. The predicted molar refractivity (Wildman–Crippen MR) is 72.8 cm³/mol. The molecule has 0 saturated carbocycles. The Morgan fingerprint density at radius 1 is 1.30 bits per heavy atom. The molecule has 4 nitrogen and oxygen atoms in total. The lowest BCUT2D eigenvalue weighted by atomic mass is 10.1. The minimum atomic E-state index is -3.98. The van der Waals surface area contributed by atoms with Crippen molar-refractivity contribution >= 4 is 26.0 Å². The first-order valence-electron chi connectivity index (χ1n) is 6.03. The molecule has 0 atom stereocenters. The van der Waals surface area contributed by atoms with Crippen LogP contribution in [0.4, 0.5) is 8.78 Å². The molecule has 112 valence electrons. The molecule has 0 bridgehead atoms. The van der Waals surface area contributed by atoms with Crippen molar-refractivity contribution in [2.75, 3.05) is 20.2 Å². The van der Waals surface area contributed by atoms with Crippen molar-refractivity contribution in [2.45, 2.75) is 23.8 Å². The summed E-state index contributed by atoms with van der Waals surface area (Å²) in [4.78, 5) is -0.519. The summed E-state index contributed by atoms with van der Waals surface area (Å²) in [7, 11) is -2.41. The Morgan fingerprint density at radius 3 is 2.40 bits per heavy atom. The summed E-state index contributed by atoms with van der Waals surface area (Å²) < 4.78 is 58.0. The van der Waals surface area contributed by atoms with Crippen LogP contribution in [0.1, 0.15) is 12.8 Å². The molecule has 20 heavy (non-hydrogen) atoms. The number of benzene rings is 1. The van der Waals surface area contributed by atoms with Crippen molar-refractivity contribution in [1.29, 1.82) is 0 Å². The van der Waals surface area contributed by atoms with Crippen molar-refractivity contribution < 1.29 is 21.9 Å². The predicted octanol–water partition coefficient (Wildman–Crippen LogP) is 2.53. The second-order valence-electron chi connectivity index (χ2n) is 4.54. The Morgan fingerprint density at radius 2 is 1.90 bits per heavy atom. The molecule has 1 fully saturated rings. The van der Waals surface area contributed by atoms with Gasteiger partial charge in [-0.05, 0) is 34.8 Å². The molecule has 2 rings (SSSR count). The van der Waals surface area contributed by atoms with Crippen molar-refractivity contribution in [3.05, 3.63) is 28.2 Å². The third-order valence-electron chi connectivity index (χ3n) is 3.30. The van der Waals surface area contributed by atoms with Crippen LogP contribution in [0.25, 0.3) is 0 Å². The third kappa shape index (κ3) is 3.03. The minimum Gasteiger partial charge on any atom is -0.381 e. The second-order valence-corrected chi connectivity index (χ2v) is 7.27. The van der Waals surface area contributed by atoms with E-state index in [0.29, 0.717) is 18.9 Å². The fraction of sp³-hybridized carbons (Fsp3) is 0.500. The number of methoxy groups -OCH3 is 1. The van der Waals surface area contributed by atoms with Crippen LogP contribution in [0.2, 0.25) is 0 Å². The SMILES string of the molecule is COC1CCN(S(=O)(=O)c2c(F)cc(F)cc2Br)CC1. The molecule has 0 N–H and O–H groups in total. The van der Waals surface area contributed by atoms with Gasteiger partial charge in [0.2, 0.25) is 10.0 Å². The van der Waals surface area contributed by atoms with Gasteiger partial charge in [-0.2, -0.15) is 4.31 Å². The topological polar surface area (TPSA) is 46.6 Å². The van der Waals surface area contributed by atoms with Gasteiger partial charge >= 0.3 is 0 Å².